The Labute approximate surface area is 115 Å². The van der Waals surface area contributed by atoms with E-state index in [1.165, 1.54) is 12.5 Å². The van der Waals surface area contributed by atoms with Gasteiger partial charge in [0.15, 0.2) is 0 Å². The zero-order chi connectivity index (χ0) is 14.0. The normalized spacial score (nSPS) is 21.0. The number of hydrogen-bond acceptors (Lipinski definition) is 2. The fraction of sp³-hybridized carbons (Fsp3) is 0.625. The molecule has 1 aromatic carbocycles. The maximum absolute atomic E-state index is 14.2. The highest BCUT2D eigenvalue weighted by atomic mass is 19.1. The van der Waals surface area contributed by atoms with Gasteiger partial charge < -0.3 is 10.0 Å². The predicted octanol–water partition coefficient (Wildman–Crippen LogP) is 3.90. The summed E-state index contributed by atoms with van der Waals surface area (Å²) in [6, 6.07) is 4.97. The van der Waals surface area contributed by atoms with E-state index in [0.717, 1.165) is 25.9 Å². The smallest absolute Gasteiger partial charge is 0.146 e. The summed E-state index contributed by atoms with van der Waals surface area (Å²) in [4.78, 5) is 2.10. The molecule has 0 aliphatic carbocycles. The number of para-hydroxylation sites is 1. The summed E-state index contributed by atoms with van der Waals surface area (Å²) in [6.45, 7) is 7.96. The van der Waals surface area contributed by atoms with Gasteiger partial charge in [-0.25, -0.2) is 4.39 Å². The number of halogens is 1. The Bertz CT molecular complexity index is 442. The molecule has 0 unspecified atom stereocenters. The highest BCUT2D eigenvalue weighted by Gasteiger charge is 2.26. The first kappa shape index (κ1) is 14.3. The second kappa shape index (κ2) is 5.49. The molecule has 2 nitrogen and oxygen atoms in total. The average Bonchev–Trinajstić information content (AvgIpc) is 2.50. The predicted molar refractivity (Wildman–Crippen MR) is 76.9 cm³/mol. The fourth-order valence-corrected chi connectivity index (χ4v) is 2.85. The molecule has 1 atom stereocenters. The van der Waals surface area contributed by atoms with Crippen molar-refractivity contribution in [3.05, 3.63) is 29.6 Å². The lowest BCUT2D eigenvalue weighted by Crippen LogP contribution is -2.27. The Morgan fingerprint density at radius 3 is 2.68 bits per heavy atom. The molecule has 0 saturated carbocycles. The zero-order valence-electron chi connectivity index (χ0n) is 12.1. The highest BCUT2D eigenvalue weighted by Crippen LogP contribution is 2.35. The van der Waals surface area contributed by atoms with Gasteiger partial charge in [0.2, 0.25) is 0 Å². The van der Waals surface area contributed by atoms with E-state index >= 15 is 0 Å². The van der Waals surface area contributed by atoms with Crippen LogP contribution in [-0.4, -0.2) is 18.2 Å². The summed E-state index contributed by atoms with van der Waals surface area (Å²) in [5.41, 5.74) is 1.61. The van der Waals surface area contributed by atoms with Crippen LogP contribution < -0.4 is 4.90 Å². The molecular formula is C16H24FNO. The first-order valence-corrected chi connectivity index (χ1v) is 7.12. The molecular weight excluding hydrogens is 241 g/mol. The molecule has 0 spiro atoms. The summed E-state index contributed by atoms with van der Waals surface area (Å²) < 4.78 is 14.2. The molecule has 0 aromatic heterocycles. The van der Waals surface area contributed by atoms with Gasteiger partial charge in [-0.1, -0.05) is 26.0 Å². The van der Waals surface area contributed by atoms with E-state index in [1.807, 2.05) is 6.07 Å². The Hall–Kier alpha value is -1.09. The zero-order valence-corrected chi connectivity index (χ0v) is 12.1. The van der Waals surface area contributed by atoms with Crippen LogP contribution in [0.5, 0.6) is 0 Å². The minimum atomic E-state index is -0.637. The minimum absolute atomic E-state index is 0.224. The van der Waals surface area contributed by atoms with Crippen LogP contribution in [0.3, 0.4) is 0 Å². The van der Waals surface area contributed by atoms with Crippen molar-refractivity contribution in [3.8, 4) is 0 Å². The molecule has 2 rings (SSSR count). The first-order chi connectivity index (χ1) is 8.91. The minimum Gasteiger partial charge on any atom is -0.389 e. The Kier molecular flexibility index (Phi) is 4.14. The molecule has 0 bridgehead atoms. The fourth-order valence-electron chi connectivity index (χ4n) is 2.85. The molecule has 1 heterocycles. The van der Waals surface area contributed by atoms with Crippen molar-refractivity contribution in [1.82, 2.24) is 0 Å². The topological polar surface area (TPSA) is 23.5 Å². The van der Waals surface area contributed by atoms with Crippen LogP contribution in [0.1, 0.15) is 51.7 Å². The Balaban J connectivity index is 2.31. The number of rotatable bonds is 2. The van der Waals surface area contributed by atoms with Crippen molar-refractivity contribution in [1.29, 1.82) is 0 Å². The van der Waals surface area contributed by atoms with Crippen LogP contribution >= 0.6 is 0 Å². The van der Waals surface area contributed by atoms with Crippen molar-refractivity contribution in [2.45, 2.75) is 46.1 Å². The molecule has 1 N–H and O–H groups in total. The van der Waals surface area contributed by atoms with E-state index in [0.29, 0.717) is 16.7 Å². The number of hydrogen-bond donors (Lipinski definition) is 1. The van der Waals surface area contributed by atoms with Crippen LogP contribution in [0.2, 0.25) is 0 Å². The summed E-state index contributed by atoms with van der Waals surface area (Å²) >= 11 is 0. The maximum Gasteiger partial charge on any atom is 0.146 e. The maximum atomic E-state index is 14.2. The molecule has 1 saturated heterocycles. The van der Waals surface area contributed by atoms with E-state index in [4.69, 9.17) is 0 Å². The van der Waals surface area contributed by atoms with Gasteiger partial charge in [0.25, 0.3) is 0 Å². The summed E-state index contributed by atoms with van der Waals surface area (Å²) in [5.74, 6) is -0.224. The van der Waals surface area contributed by atoms with Crippen molar-refractivity contribution in [2.24, 2.45) is 5.41 Å². The van der Waals surface area contributed by atoms with Crippen LogP contribution in [0, 0.1) is 11.2 Å². The van der Waals surface area contributed by atoms with Gasteiger partial charge in [-0.2, -0.15) is 0 Å². The Morgan fingerprint density at radius 2 is 2.00 bits per heavy atom. The van der Waals surface area contributed by atoms with Gasteiger partial charge in [-0.05, 0) is 37.7 Å². The van der Waals surface area contributed by atoms with Gasteiger partial charge >= 0.3 is 0 Å². The average molecular weight is 265 g/mol. The number of aliphatic hydroxyl groups excluding tert-OH is 1. The van der Waals surface area contributed by atoms with Crippen molar-refractivity contribution >= 4 is 5.69 Å². The van der Waals surface area contributed by atoms with Crippen LogP contribution in [0.25, 0.3) is 0 Å². The van der Waals surface area contributed by atoms with E-state index < -0.39 is 6.10 Å². The summed E-state index contributed by atoms with van der Waals surface area (Å²) in [6.07, 6.45) is 2.66. The molecule has 3 heteroatoms. The molecule has 1 fully saturated rings. The Morgan fingerprint density at radius 1 is 1.26 bits per heavy atom. The third kappa shape index (κ3) is 3.27. The molecule has 106 valence electrons. The lowest BCUT2D eigenvalue weighted by molar-refractivity contribution is 0.199. The van der Waals surface area contributed by atoms with Crippen LogP contribution in [0.15, 0.2) is 18.2 Å². The molecule has 1 aromatic rings. The quantitative estimate of drug-likeness (QED) is 0.876. The monoisotopic (exact) mass is 265 g/mol. The number of anilines is 1. The van der Waals surface area contributed by atoms with Crippen molar-refractivity contribution < 1.29 is 9.50 Å². The lowest BCUT2D eigenvalue weighted by Gasteiger charge is -2.28. The number of nitrogens with zero attached hydrogens (tertiary/aromatic N) is 1. The largest absolute Gasteiger partial charge is 0.389 e. The summed E-state index contributed by atoms with van der Waals surface area (Å²) in [5, 5.41) is 9.84. The second-order valence-electron chi connectivity index (χ2n) is 6.36. The third-order valence-electron chi connectivity index (χ3n) is 4.12. The van der Waals surface area contributed by atoms with Crippen molar-refractivity contribution in [3.63, 3.8) is 0 Å². The van der Waals surface area contributed by atoms with Crippen molar-refractivity contribution in [2.75, 3.05) is 18.0 Å². The van der Waals surface area contributed by atoms with Crippen LogP contribution in [-0.2, 0) is 0 Å². The van der Waals surface area contributed by atoms with Gasteiger partial charge in [0.1, 0.15) is 5.82 Å². The summed E-state index contributed by atoms with van der Waals surface area (Å²) in [7, 11) is 0. The van der Waals surface area contributed by atoms with E-state index in [1.54, 1.807) is 13.0 Å². The van der Waals surface area contributed by atoms with Gasteiger partial charge in [0.05, 0.1) is 11.8 Å². The molecule has 1 aliphatic rings. The molecule has 0 amide bonds. The van der Waals surface area contributed by atoms with Gasteiger partial charge in [-0.3, -0.25) is 0 Å². The number of benzene rings is 1. The highest BCUT2D eigenvalue weighted by molar-refractivity contribution is 5.56. The van der Waals surface area contributed by atoms with E-state index in [2.05, 4.69) is 18.7 Å². The third-order valence-corrected chi connectivity index (χ3v) is 4.12. The standard InChI is InChI=1S/C16H24FNO/c1-12(19)13-6-4-7-14(17)15(13)18-10-5-8-16(2,3)9-11-18/h4,6-7,12,19H,5,8-11H2,1-3H3/t12-/m0/s1. The molecule has 0 radical (unpaired) electrons. The van der Waals surface area contributed by atoms with E-state index in [-0.39, 0.29) is 5.82 Å². The first-order valence-electron chi connectivity index (χ1n) is 7.12. The van der Waals surface area contributed by atoms with Gasteiger partial charge in [-0.15, -0.1) is 0 Å². The van der Waals surface area contributed by atoms with E-state index in [9.17, 15) is 9.50 Å². The molecule has 1 aliphatic heterocycles. The van der Waals surface area contributed by atoms with Gasteiger partial charge in [0, 0.05) is 18.7 Å². The lowest BCUT2D eigenvalue weighted by atomic mass is 9.85. The van der Waals surface area contributed by atoms with Crippen LogP contribution in [0.4, 0.5) is 10.1 Å². The second-order valence-corrected chi connectivity index (χ2v) is 6.36. The SMILES string of the molecule is C[C@H](O)c1cccc(F)c1N1CCCC(C)(C)CC1. The number of aliphatic hydroxyl groups is 1. The molecule has 19 heavy (non-hydrogen) atoms.